The summed E-state index contributed by atoms with van der Waals surface area (Å²) >= 11 is 0. The summed E-state index contributed by atoms with van der Waals surface area (Å²) in [5.74, 6) is 0.423. The molecule has 2 rings (SSSR count). The van der Waals surface area contributed by atoms with E-state index in [1.807, 2.05) is 37.3 Å². The number of likely N-dealkylation sites (N-methyl/N-ethyl adjacent to an activating group) is 1. The van der Waals surface area contributed by atoms with Gasteiger partial charge in [-0.05, 0) is 43.8 Å². The quantitative estimate of drug-likeness (QED) is 0.763. The van der Waals surface area contributed by atoms with Gasteiger partial charge in [-0.15, -0.1) is 0 Å². The molecular formula is C20H25N3O3. The molecule has 0 saturated heterocycles. The second-order valence-electron chi connectivity index (χ2n) is 6.15. The predicted molar refractivity (Wildman–Crippen MR) is 102 cm³/mol. The highest BCUT2D eigenvalue weighted by Crippen LogP contribution is 2.15. The van der Waals surface area contributed by atoms with E-state index in [-0.39, 0.29) is 30.9 Å². The second kappa shape index (κ2) is 9.58. The monoisotopic (exact) mass is 355 g/mol. The molecule has 2 amide bonds. The molecule has 2 aromatic carbocycles. The van der Waals surface area contributed by atoms with Crippen molar-refractivity contribution < 1.29 is 14.3 Å². The molecule has 2 N–H and O–H groups in total. The summed E-state index contributed by atoms with van der Waals surface area (Å²) in [6.07, 6.45) is 0. The largest absolute Gasteiger partial charge is 0.497 e. The molecule has 0 heterocycles. The van der Waals surface area contributed by atoms with Gasteiger partial charge in [0, 0.05) is 5.69 Å². The number of carbonyl (C=O) groups is 2. The van der Waals surface area contributed by atoms with E-state index in [0.29, 0.717) is 5.69 Å². The summed E-state index contributed by atoms with van der Waals surface area (Å²) in [5.41, 5.74) is 1.73. The van der Waals surface area contributed by atoms with Crippen molar-refractivity contribution in [1.29, 1.82) is 0 Å². The van der Waals surface area contributed by atoms with Crippen molar-refractivity contribution in [2.45, 2.75) is 13.0 Å². The number of anilines is 1. The molecule has 0 spiro atoms. The van der Waals surface area contributed by atoms with Crippen molar-refractivity contribution in [1.82, 2.24) is 10.2 Å². The first kappa shape index (κ1) is 19.5. The number of carbonyl (C=O) groups excluding carboxylic acids is 2. The van der Waals surface area contributed by atoms with E-state index in [1.54, 1.807) is 43.3 Å². The Morgan fingerprint density at radius 3 is 2.23 bits per heavy atom. The standard InChI is InChI=1S/C20H25N3O3/c1-15(16-7-5-4-6-8-16)21-19(24)13-23(2)14-20(25)22-17-9-11-18(26-3)12-10-17/h4-12,15H,13-14H2,1-3H3,(H,21,24)(H,22,25)/t15-/m1/s1. The molecule has 0 saturated carbocycles. The van der Waals surface area contributed by atoms with Crippen LogP contribution >= 0.6 is 0 Å². The predicted octanol–water partition coefficient (Wildman–Crippen LogP) is 2.44. The van der Waals surface area contributed by atoms with Gasteiger partial charge in [-0.3, -0.25) is 14.5 Å². The topological polar surface area (TPSA) is 70.7 Å². The van der Waals surface area contributed by atoms with E-state index >= 15 is 0 Å². The Morgan fingerprint density at radius 2 is 1.62 bits per heavy atom. The van der Waals surface area contributed by atoms with Crippen molar-refractivity contribution in [3.05, 3.63) is 60.2 Å². The summed E-state index contributed by atoms with van der Waals surface area (Å²) in [7, 11) is 3.33. The zero-order chi connectivity index (χ0) is 18.9. The number of hydrogen-bond donors (Lipinski definition) is 2. The summed E-state index contributed by atoms with van der Waals surface area (Å²) in [4.78, 5) is 25.9. The van der Waals surface area contributed by atoms with Gasteiger partial charge in [0.2, 0.25) is 11.8 Å². The van der Waals surface area contributed by atoms with Crippen LogP contribution in [0.5, 0.6) is 5.75 Å². The zero-order valence-electron chi connectivity index (χ0n) is 15.4. The minimum Gasteiger partial charge on any atom is -0.497 e. The number of amides is 2. The third-order valence-corrected chi connectivity index (χ3v) is 3.88. The van der Waals surface area contributed by atoms with Crippen molar-refractivity contribution in [2.24, 2.45) is 0 Å². The Balaban J connectivity index is 1.76. The first-order chi connectivity index (χ1) is 12.5. The molecule has 1 atom stereocenters. The van der Waals surface area contributed by atoms with Crippen LogP contribution in [0.25, 0.3) is 0 Å². The van der Waals surface area contributed by atoms with Gasteiger partial charge in [0.05, 0.1) is 26.2 Å². The van der Waals surface area contributed by atoms with Crippen LogP contribution in [0, 0.1) is 0 Å². The van der Waals surface area contributed by atoms with Crippen LogP contribution in [0.1, 0.15) is 18.5 Å². The van der Waals surface area contributed by atoms with Gasteiger partial charge in [0.15, 0.2) is 0 Å². The Bertz CT molecular complexity index is 717. The van der Waals surface area contributed by atoms with Gasteiger partial charge in [-0.1, -0.05) is 30.3 Å². The SMILES string of the molecule is COc1ccc(NC(=O)CN(C)CC(=O)N[C@H](C)c2ccccc2)cc1. The highest BCUT2D eigenvalue weighted by atomic mass is 16.5. The fourth-order valence-electron chi connectivity index (χ4n) is 2.53. The fourth-order valence-corrected chi connectivity index (χ4v) is 2.53. The van der Waals surface area contributed by atoms with E-state index in [2.05, 4.69) is 10.6 Å². The molecule has 138 valence electrons. The lowest BCUT2D eigenvalue weighted by Crippen LogP contribution is -2.39. The van der Waals surface area contributed by atoms with E-state index < -0.39 is 0 Å². The molecule has 26 heavy (non-hydrogen) atoms. The van der Waals surface area contributed by atoms with Crippen LogP contribution in [0.15, 0.2) is 54.6 Å². The first-order valence-corrected chi connectivity index (χ1v) is 8.44. The van der Waals surface area contributed by atoms with Gasteiger partial charge in [0.1, 0.15) is 5.75 Å². The van der Waals surface area contributed by atoms with E-state index in [4.69, 9.17) is 4.74 Å². The smallest absolute Gasteiger partial charge is 0.238 e. The maximum Gasteiger partial charge on any atom is 0.238 e. The Morgan fingerprint density at radius 1 is 1.00 bits per heavy atom. The molecule has 6 nitrogen and oxygen atoms in total. The number of rotatable bonds is 8. The molecule has 0 radical (unpaired) electrons. The lowest BCUT2D eigenvalue weighted by Gasteiger charge is -2.19. The van der Waals surface area contributed by atoms with Crippen LogP contribution in [0.4, 0.5) is 5.69 Å². The molecule has 0 fully saturated rings. The molecule has 0 aliphatic carbocycles. The van der Waals surface area contributed by atoms with Crippen molar-refractivity contribution in [3.63, 3.8) is 0 Å². The number of nitrogens with one attached hydrogen (secondary N) is 2. The van der Waals surface area contributed by atoms with E-state index in [1.165, 1.54) is 0 Å². The zero-order valence-corrected chi connectivity index (χ0v) is 15.4. The Labute approximate surface area is 154 Å². The van der Waals surface area contributed by atoms with Crippen molar-refractivity contribution in [3.8, 4) is 5.75 Å². The highest BCUT2D eigenvalue weighted by molar-refractivity contribution is 5.92. The van der Waals surface area contributed by atoms with Gasteiger partial charge in [0.25, 0.3) is 0 Å². The number of benzene rings is 2. The summed E-state index contributed by atoms with van der Waals surface area (Å²) in [5, 5.41) is 5.73. The lowest BCUT2D eigenvalue weighted by molar-refractivity contribution is -0.123. The fraction of sp³-hybridized carbons (Fsp3) is 0.300. The highest BCUT2D eigenvalue weighted by Gasteiger charge is 2.13. The normalized spacial score (nSPS) is 11.7. The average molecular weight is 355 g/mol. The van der Waals surface area contributed by atoms with Crippen molar-refractivity contribution in [2.75, 3.05) is 32.6 Å². The van der Waals surface area contributed by atoms with Crippen LogP contribution in [0.2, 0.25) is 0 Å². The Hall–Kier alpha value is -2.86. The van der Waals surface area contributed by atoms with Gasteiger partial charge in [-0.2, -0.15) is 0 Å². The Kier molecular flexibility index (Phi) is 7.17. The summed E-state index contributed by atoms with van der Waals surface area (Å²) in [6, 6.07) is 16.8. The molecule has 0 unspecified atom stereocenters. The molecule has 0 aliphatic heterocycles. The summed E-state index contributed by atoms with van der Waals surface area (Å²) in [6.45, 7) is 2.20. The summed E-state index contributed by atoms with van der Waals surface area (Å²) < 4.78 is 5.08. The molecule has 0 bridgehead atoms. The van der Waals surface area contributed by atoms with Gasteiger partial charge in [-0.25, -0.2) is 0 Å². The van der Waals surface area contributed by atoms with Crippen LogP contribution < -0.4 is 15.4 Å². The van der Waals surface area contributed by atoms with Crippen LogP contribution in [-0.4, -0.2) is 44.0 Å². The molecule has 6 heteroatoms. The molecule has 0 aliphatic rings. The van der Waals surface area contributed by atoms with Crippen LogP contribution in [0.3, 0.4) is 0 Å². The maximum absolute atomic E-state index is 12.1. The van der Waals surface area contributed by atoms with Gasteiger partial charge < -0.3 is 15.4 Å². The third kappa shape index (κ3) is 6.22. The number of ether oxygens (including phenoxy) is 1. The van der Waals surface area contributed by atoms with Gasteiger partial charge >= 0.3 is 0 Å². The van der Waals surface area contributed by atoms with Crippen molar-refractivity contribution >= 4 is 17.5 Å². The minimum absolute atomic E-state index is 0.0785. The van der Waals surface area contributed by atoms with E-state index in [9.17, 15) is 9.59 Å². The van der Waals surface area contributed by atoms with Crippen LogP contribution in [-0.2, 0) is 9.59 Å². The number of nitrogens with zero attached hydrogens (tertiary/aromatic N) is 1. The maximum atomic E-state index is 12.1. The molecule has 2 aromatic rings. The molecule has 0 aromatic heterocycles. The average Bonchev–Trinajstić information content (AvgIpc) is 2.62. The number of hydrogen-bond acceptors (Lipinski definition) is 4. The minimum atomic E-state index is -0.179. The lowest BCUT2D eigenvalue weighted by atomic mass is 10.1. The number of methoxy groups -OCH3 is 1. The molecular weight excluding hydrogens is 330 g/mol. The third-order valence-electron chi connectivity index (χ3n) is 3.88. The van der Waals surface area contributed by atoms with E-state index in [0.717, 1.165) is 11.3 Å². The second-order valence-corrected chi connectivity index (χ2v) is 6.15. The first-order valence-electron chi connectivity index (χ1n) is 8.44.